The van der Waals surface area contributed by atoms with Crippen molar-refractivity contribution in [2.24, 2.45) is 7.05 Å². The second-order valence-electron chi connectivity index (χ2n) is 3.73. The Morgan fingerprint density at radius 2 is 2.33 bits per heavy atom. The number of aryl methyl sites for hydroxylation is 1. The molecule has 0 amide bonds. The van der Waals surface area contributed by atoms with Crippen LogP contribution in [0.4, 0.5) is 5.82 Å². The van der Waals surface area contributed by atoms with Crippen LogP contribution in [0.25, 0.3) is 11.0 Å². The summed E-state index contributed by atoms with van der Waals surface area (Å²) in [6.07, 6.45) is 3.36. The molecule has 0 bridgehead atoms. The first kappa shape index (κ1) is 8.60. The Balaban J connectivity index is 2.01. The van der Waals surface area contributed by atoms with Gasteiger partial charge >= 0.3 is 0 Å². The second kappa shape index (κ2) is 3.16. The molecule has 3 heterocycles. The maximum Gasteiger partial charge on any atom is 0.163 e. The molecule has 1 aliphatic rings. The number of fused-ring (bicyclic) bond motifs is 1. The van der Waals surface area contributed by atoms with E-state index in [-0.39, 0.29) is 0 Å². The maximum absolute atomic E-state index is 4.24. The molecule has 78 valence electrons. The molecule has 0 unspecified atom stereocenters. The summed E-state index contributed by atoms with van der Waals surface area (Å²) in [5, 5.41) is 11.7. The van der Waals surface area contributed by atoms with E-state index in [4.69, 9.17) is 0 Å². The van der Waals surface area contributed by atoms with Crippen LogP contribution in [0, 0.1) is 0 Å². The SMILES string of the molecule is Cn1ncc2c(NC3CNC3)ncnc21. The molecule has 6 nitrogen and oxygen atoms in total. The number of nitrogens with zero attached hydrogens (tertiary/aromatic N) is 4. The summed E-state index contributed by atoms with van der Waals surface area (Å²) >= 11 is 0. The number of hydrogen-bond donors (Lipinski definition) is 2. The lowest BCUT2D eigenvalue weighted by molar-refractivity contribution is 0.471. The van der Waals surface area contributed by atoms with Gasteiger partial charge in [0.2, 0.25) is 0 Å². The number of rotatable bonds is 2. The zero-order chi connectivity index (χ0) is 10.3. The van der Waals surface area contributed by atoms with E-state index in [0.29, 0.717) is 6.04 Å². The van der Waals surface area contributed by atoms with E-state index < -0.39 is 0 Å². The Bertz CT molecular complexity index is 486. The number of nitrogens with one attached hydrogen (secondary N) is 2. The lowest BCUT2D eigenvalue weighted by Gasteiger charge is -2.28. The summed E-state index contributed by atoms with van der Waals surface area (Å²) < 4.78 is 1.75. The van der Waals surface area contributed by atoms with Gasteiger partial charge in [0, 0.05) is 20.1 Å². The van der Waals surface area contributed by atoms with Crippen molar-refractivity contribution >= 4 is 16.9 Å². The molecule has 1 saturated heterocycles. The van der Waals surface area contributed by atoms with Crippen LogP contribution in [0.1, 0.15) is 0 Å². The van der Waals surface area contributed by atoms with Crippen molar-refractivity contribution in [2.75, 3.05) is 18.4 Å². The lowest BCUT2D eigenvalue weighted by Crippen LogP contribution is -2.51. The van der Waals surface area contributed by atoms with Crippen LogP contribution < -0.4 is 10.6 Å². The molecule has 0 aromatic carbocycles. The molecule has 0 radical (unpaired) electrons. The molecule has 15 heavy (non-hydrogen) atoms. The van der Waals surface area contributed by atoms with Crippen molar-refractivity contribution in [3.8, 4) is 0 Å². The average molecular weight is 204 g/mol. The van der Waals surface area contributed by atoms with Crippen LogP contribution in [0.5, 0.6) is 0 Å². The molecule has 6 heteroatoms. The van der Waals surface area contributed by atoms with Crippen molar-refractivity contribution in [3.05, 3.63) is 12.5 Å². The van der Waals surface area contributed by atoms with Gasteiger partial charge in [-0.2, -0.15) is 5.10 Å². The van der Waals surface area contributed by atoms with Crippen LogP contribution in [-0.4, -0.2) is 38.9 Å². The van der Waals surface area contributed by atoms with Gasteiger partial charge in [-0.3, -0.25) is 4.68 Å². The first-order chi connectivity index (χ1) is 7.34. The Hall–Kier alpha value is -1.69. The predicted octanol–water partition coefficient (Wildman–Crippen LogP) is -0.253. The quantitative estimate of drug-likeness (QED) is 0.706. The van der Waals surface area contributed by atoms with Crippen LogP contribution in [0.15, 0.2) is 12.5 Å². The van der Waals surface area contributed by atoms with Crippen molar-refractivity contribution in [3.63, 3.8) is 0 Å². The zero-order valence-corrected chi connectivity index (χ0v) is 8.44. The van der Waals surface area contributed by atoms with Gasteiger partial charge in [-0.1, -0.05) is 0 Å². The van der Waals surface area contributed by atoms with Crippen molar-refractivity contribution < 1.29 is 0 Å². The molecule has 2 aromatic rings. The number of anilines is 1. The third kappa shape index (κ3) is 1.33. The zero-order valence-electron chi connectivity index (χ0n) is 8.44. The van der Waals surface area contributed by atoms with Gasteiger partial charge in [0.05, 0.1) is 17.6 Å². The standard InChI is InChI=1S/C9H12N6/c1-15-9-7(4-13-15)8(11-5-12-9)14-6-2-10-3-6/h4-6,10H,2-3H2,1H3,(H,11,12,14). The Morgan fingerprint density at radius 3 is 3.07 bits per heavy atom. The molecule has 0 spiro atoms. The highest BCUT2D eigenvalue weighted by molar-refractivity contribution is 5.86. The smallest absolute Gasteiger partial charge is 0.163 e. The molecule has 1 aliphatic heterocycles. The first-order valence-corrected chi connectivity index (χ1v) is 4.94. The minimum atomic E-state index is 0.475. The van der Waals surface area contributed by atoms with E-state index in [0.717, 1.165) is 29.9 Å². The molecule has 0 atom stereocenters. The third-order valence-corrected chi connectivity index (χ3v) is 2.65. The van der Waals surface area contributed by atoms with Crippen molar-refractivity contribution in [1.82, 2.24) is 25.1 Å². The van der Waals surface area contributed by atoms with Gasteiger partial charge in [0.15, 0.2) is 5.65 Å². The van der Waals surface area contributed by atoms with Gasteiger partial charge in [-0.15, -0.1) is 0 Å². The maximum atomic E-state index is 4.24. The van der Waals surface area contributed by atoms with Crippen LogP contribution in [0.2, 0.25) is 0 Å². The Kier molecular flexibility index (Phi) is 1.81. The van der Waals surface area contributed by atoms with Crippen LogP contribution >= 0.6 is 0 Å². The van der Waals surface area contributed by atoms with Gasteiger partial charge in [0.25, 0.3) is 0 Å². The highest BCUT2D eigenvalue weighted by atomic mass is 15.3. The van der Waals surface area contributed by atoms with Gasteiger partial charge in [-0.05, 0) is 0 Å². The molecular formula is C9H12N6. The average Bonchev–Trinajstić information content (AvgIpc) is 2.55. The summed E-state index contributed by atoms with van der Waals surface area (Å²) in [6.45, 7) is 1.98. The molecular weight excluding hydrogens is 192 g/mol. The van der Waals surface area contributed by atoms with Crippen LogP contribution in [-0.2, 0) is 7.05 Å². The highest BCUT2D eigenvalue weighted by Gasteiger charge is 2.18. The van der Waals surface area contributed by atoms with E-state index in [2.05, 4.69) is 25.7 Å². The monoisotopic (exact) mass is 204 g/mol. The summed E-state index contributed by atoms with van der Waals surface area (Å²) in [5.41, 5.74) is 0.861. The molecule has 0 aliphatic carbocycles. The summed E-state index contributed by atoms with van der Waals surface area (Å²) in [4.78, 5) is 8.42. The molecule has 2 aromatic heterocycles. The van der Waals surface area contributed by atoms with E-state index in [1.165, 1.54) is 0 Å². The third-order valence-electron chi connectivity index (χ3n) is 2.65. The summed E-state index contributed by atoms with van der Waals surface area (Å²) in [5.74, 6) is 0.875. The van der Waals surface area contributed by atoms with E-state index in [9.17, 15) is 0 Å². The topological polar surface area (TPSA) is 67.7 Å². The summed E-state index contributed by atoms with van der Waals surface area (Å²) in [7, 11) is 1.88. The lowest BCUT2D eigenvalue weighted by atomic mass is 10.2. The van der Waals surface area contributed by atoms with E-state index >= 15 is 0 Å². The normalized spacial score (nSPS) is 16.6. The van der Waals surface area contributed by atoms with Crippen molar-refractivity contribution in [2.45, 2.75) is 6.04 Å². The highest BCUT2D eigenvalue weighted by Crippen LogP contribution is 2.18. The minimum absolute atomic E-state index is 0.475. The van der Waals surface area contributed by atoms with Gasteiger partial charge in [-0.25, -0.2) is 9.97 Å². The van der Waals surface area contributed by atoms with E-state index in [1.54, 1.807) is 17.2 Å². The Morgan fingerprint density at radius 1 is 1.47 bits per heavy atom. The molecule has 2 N–H and O–H groups in total. The predicted molar refractivity (Wildman–Crippen MR) is 56.6 cm³/mol. The van der Waals surface area contributed by atoms with Gasteiger partial charge in [0.1, 0.15) is 12.1 Å². The van der Waals surface area contributed by atoms with Crippen LogP contribution in [0.3, 0.4) is 0 Å². The fourth-order valence-corrected chi connectivity index (χ4v) is 1.66. The Labute approximate surface area is 86.7 Å². The molecule has 1 fully saturated rings. The summed E-state index contributed by atoms with van der Waals surface area (Å²) in [6, 6.07) is 0.475. The fraction of sp³-hybridized carbons (Fsp3) is 0.444. The van der Waals surface area contributed by atoms with E-state index in [1.807, 2.05) is 7.05 Å². The number of aromatic nitrogens is 4. The second-order valence-corrected chi connectivity index (χ2v) is 3.73. The number of hydrogen-bond acceptors (Lipinski definition) is 5. The largest absolute Gasteiger partial charge is 0.364 e. The van der Waals surface area contributed by atoms with Gasteiger partial charge < -0.3 is 10.6 Å². The fourth-order valence-electron chi connectivity index (χ4n) is 1.66. The minimum Gasteiger partial charge on any atom is -0.364 e. The first-order valence-electron chi connectivity index (χ1n) is 4.94. The van der Waals surface area contributed by atoms with Crippen molar-refractivity contribution in [1.29, 1.82) is 0 Å². The molecule has 0 saturated carbocycles. The molecule has 3 rings (SSSR count).